The molecule has 0 bridgehead atoms. The summed E-state index contributed by atoms with van der Waals surface area (Å²) >= 11 is -1.58. The summed E-state index contributed by atoms with van der Waals surface area (Å²) in [6.07, 6.45) is -0.124. The molecule has 0 fully saturated rings. The molecular weight excluding hydrogens is 454 g/mol. The summed E-state index contributed by atoms with van der Waals surface area (Å²) in [5.74, 6) is 0.711. The Morgan fingerprint density at radius 1 is 1.25 bits per heavy atom. The number of hydrogen-bond donors (Lipinski definition) is 0. The molecule has 6 nitrogen and oxygen atoms in total. The van der Waals surface area contributed by atoms with Crippen LogP contribution in [0.4, 0.5) is 13.2 Å². The van der Waals surface area contributed by atoms with Crippen molar-refractivity contribution >= 4 is 52.0 Å². The van der Waals surface area contributed by atoms with Crippen molar-refractivity contribution in [2.24, 2.45) is 0 Å². The number of rotatable bonds is 8. The molecule has 3 aromatic rings. The predicted molar refractivity (Wildman–Crippen MR) is 120 cm³/mol. The maximum absolute atomic E-state index is 13.1. The van der Waals surface area contributed by atoms with Gasteiger partial charge in [-0.3, -0.25) is 4.98 Å². The van der Waals surface area contributed by atoms with Gasteiger partial charge in [0.2, 0.25) is 5.82 Å². The minimum atomic E-state index is -4.50. The van der Waals surface area contributed by atoms with E-state index in [1.54, 1.807) is 19.9 Å². The molecule has 1 aromatic carbocycles. The number of fused-ring (bicyclic) bond motifs is 1. The van der Waals surface area contributed by atoms with Crippen LogP contribution in [0.2, 0.25) is 0 Å². The molecule has 0 aliphatic carbocycles. The van der Waals surface area contributed by atoms with Gasteiger partial charge in [-0.2, -0.15) is 13.2 Å². The number of imidazole rings is 1. The van der Waals surface area contributed by atoms with Crippen molar-refractivity contribution in [1.29, 1.82) is 0 Å². The van der Waals surface area contributed by atoms with E-state index in [0.29, 0.717) is 29.1 Å². The van der Waals surface area contributed by atoms with Crippen LogP contribution in [-0.2, 0) is 22.3 Å². The van der Waals surface area contributed by atoms with Gasteiger partial charge in [-0.25, -0.2) is 4.98 Å². The monoisotopic (exact) mass is 479 g/mol. The standard InChI is InChI=1S/C21H24F3N3O3S.Na.H/c1-5-6-11-29-14(3)30-18-9-10-25-19(13(18)2)20-26-16-12-15(21(22,23)24)7-8-17(16)27(20)31(4)28;;/h7-10,12,14H,5-6,11H2,1-4H3;;. The molecule has 2 aromatic heterocycles. The molecule has 0 aliphatic heterocycles. The molecule has 0 radical (unpaired) electrons. The van der Waals surface area contributed by atoms with E-state index in [9.17, 15) is 17.7 Å². The number of halogens is 3. The van der Waals surface area contributed by atoms with Gasteiger partial charge in [0.05, 0.1) is 29.0 Å². The third kappa shape index (κ3) is 5.98. The van der Waals surface area contributed by atoms with Gasteiger partial charge in [0.25, 0.3) is 0 Å². The zero-order chi connectivity index (χ0) is 22.8. The summed E-state index contributed by atoms with van der Waals surface area (Å²) < 4.78 is 64.7. The summed E-state index contributed by atoms with van der Waals surface area (Å²) in [5, 5.41) is 0. The molecule has 32 heavy (non-hydrogen) atoms. The Bertz CT molecular complexity index is 1060. The van der Waals surface area contributed by atoms with Gasteiger partial charge >= 0.3 is 35.7 Å². The Kier molecular flexibility index (Phi) is 9.45. The summed E-state index contributed by atoms with van der Waals surface area (Å²) in [7, 11) is 0. The number of hydrogen-bond acceptors (Lipinski definition) is 5. The van der Waals surface area contributed by atoms with E-state index in [1.165, 1.54) is 22.5 Å². The Morgan fingerprint density at radius 2 is 1.97 bits per heavy atom. The fourth-order valence-corrected chi connectivity index (χ4v) is 3.92. The van der Waals surface area contributed by atoms with E-state index in [-0.39, 0.29) is 40.9 Å². The van der Waals surface area contributed by atoms with Gasteiger partial charge in [-0.15, -0.1) is 3.97 Å². The van der Waals surface area contributed by atoms with Crippen LogP contribution >= 0.6 is 0 Å². The summed E-state index contributed by atoms with van der Waals surface area (Å²) in [6.45, 7) is 6.18. The van der Waals surface area contributed by atoms with Crippen LogP contribution in [0.15, 0.2) is 30.5 Å². The van der Waals surface area contributed by atoms with E-state index in [2.05, 4.69) is 16.9 Å². The number of nitrogens with zero attached hydrogens (tertiary/aromatic N) is 3. The average Bonchev–Trinajstić information content (AvgIpc) is 3.08. The quantitative estimate of drug-likeness (QED) is 0.207. The number of ether oxygens (including phenoxy) is 2. The van der Waals surface area contributed by atoms with Gasteiger partial charge < -0.3 is 14.0 Å². The summed E-state index contributed by atoms with van der Waals surface area (Å²) in [4.78, 5) is 8.68. The van der Waals surface area contributed by atoms with Crippen molar-refractivity contribution in [2.75, 3.05) is 12.9 Å². The fourth-order valence-electron chi connectivity index (χ4n) is 3.12. The van der Waals surface area contributed by atoms with E-state index in [4.69, 9.17) is 9.47 Å². The first-order valence-electron chi connectivity index (χ1n) is 9.81. The number of benzene rings is 1. The van der Waals surface area contributed by atoms with Crippen molar-refractivity contribution < 1.29 is 27.2 Å². The van der Waals surface area contributed by atoms with Crippen molar-refractivity contribution in [1.82, 2.24) is 13.9 Å². The van der Waals surface area contributed by atoms with Crippen molar-refractivity contribution in [3.8, 4) is 17.3 Å². The Morgan fingerprint density at radius 3 is 2.59 bits per heavy atom. The number of unbranched alkanes of at least 4 members (excludes halogenated alkanes) is 1. The van der Waals surface area contributed by atoms with Crippen LogP contribution in [0.3, 0.4) is 0 Å². The summed E-state index contributed by atoms with van der Waals surface area (Å²) in [5.41, 5.74) is 0.582. The van der Waals surface area contributed by atoms with Gasteiger partial charge in [0, 0.05) is 11.8 Å². The first kappa shape index (κ1) is 26.9. The number of aromatic nitrogens is 3. The van der Waals surface area contributed by atoms with Crippen LogP contribution in [-0.4, -0.2) is 67.2 Å². The third-order valence-electron chi connectivity index (χ3n) is 4.71. The van der Waals surface area contributed by atoms with E-state index in [1.807, 2.05) is 0 Å². The number of alkyl halides is 3. The first-order valence-corrected chi connectivity index (χ1v) is 11.3. The normalized spacial score (nSPS) is 13.6. The predicted octanol–water partition coefficient (Wildman–Crippen LogP) is 4.46. The maximum atomic E-state index is 13.1. The molecule has 0 amide bonds. The molecule has 2 unspecified atom stereocenters. The molecule has 0 aliphatic rings. The second-order valence-corrected chi connectivity index (χ2v) is 8.26. The minimum absolute atomic E-state index is 0. The Hall–Kier alpha value is -1.30. The molecule has 0 spiro atoms. The molecule has 2 heterocycles. The average molecular weight is 480 g/mol. The SMILES string of the molecule is CCCCOC(C)Oc1ccnc(-c2nc3cc(C(F)(F)F)ccc3n2[S+](C)[O-])c1C.[NaH]. The Balaban J connectivity index is 0.00000363. The Labute approximate surface area is 210 Å². The first-order chi connectivity index (χ1) is 14.6. The van der Waals surface area contributed by atoms with Gasteiger partial charge in [-0.1, -0.05) is 13.3 Å². The molecule has 11 heteroatoms. The second-order valence-electron chi connectivity index (χ2n) is 7.05. The zero-order valence-corrected chi connectivity index (χ0v) is 18.5. The molecule has 0 N–H and O–H groups in total. The second kappa shape index (κ2) is 11.2. The van der Waals surface area contributed by atoms with E-state index in [0.717, 1.165) is 25.0 Å². The molecular formula is C21H25F3N3NaO3S. The van der Waals surface area contributed by atoms with E-state index >= 15 is 0 Å². The molecule has 2 atom stereocenters. The van der Waals surface area contributed by atoms with Crippen molar-refractivity contribution in [2.45, 2.75) is 46.1 Å². The summed E-state index contributed by atoms with van der Waals surface area (Å²) in [6, 6.07) is 4.85. The van der Waals surface area contributed by atoms with Crippen molar-refractivity contribution in [3.63, 3.8) is 0 Å². The van der Waals surface area contributed by atoms with Crippen LogP contribution in [0, 0.1) is 6.92 Å². The molecule has 0 saturated heterocycles. The fraction of sp³-hybridized carbons (Fsp3) is 0.429. The van der Waals surface area contributed by atoms with Gasteiger partial charge in [-0.05, 0) is 44.5 Å². The zero-order valence-electron chi connectivity index (χ0n) is 17.7. The van der Waals surface area contributed by atoms with Crippen LogP contribution in [0.25, 0.3) is 22.6 Å². The van der Waals surface area contributed by atoms with Crippen molar-refractivity contribution in [3.05, 3.63) is 41.6 Å². The third-order valence-corrected chi connectivity index (χ3v) is 5.59. The van der Waals surface area contributed by atoms with Crippen LogP contribution in [0.1, 0.15) is 37.8 Å². The van der Waals surface area contributed by atoms with E-state index < -0.39 is 29.4 Å². The molecule has 170 valence electrons. The van der Waals surface area contributed by atoms with Crippen LogP contribution in [0.5, 0.6) is 5.75 Å². The topological polar surface area (TPSA) is 72.2 Å². The molecule has 0 saturated carbocycles. The van der Waals surface area contributed by atoms with Gasteiger partial charge in [0.1, 0.15) is 23.2 Å². The number of pyridine rings is 1. The molecule has 3 rings (SSSR count). The van der Waals surface area contributed by atoms with Crippen LogP contribution < -0.4 is 4.74 Å². The van der Waals surface area contributed by atoms with Gasteiger partial charge in [0.15, 0.2) is 6.29 Å².